The third-order valence-electron chi connectivity index (χ3n) is 2.39. The Morgan fingerprint density at radius 2 is 2.07 bits per heavy atom. The molecule has 1 N–H and O–H groups in total. The van der Waals surface area contributed by atoms with Crippen molar-refractivity contribution in [2.75, 3.05) is 6.54 Å². The van der Waals surface area contributed by atoms with E-state index in [2.05, 4.69) is 5.32 Å². The smallest absolute Gasteiger partial charge is 0.227 e. The van der Waals surface area contributed by atoms with E-state index >= 15 is 0 Å². The molecule has 1 fully saturated rings. The van der Waals surface area contributed by atoms with Crippen LogP contribution < -0.4 is 5.32 Å². The van der Waals surface area contributed by atoms with Crippen LogP contribution in [0, 0.1) is 0 Å². The summed E-state index contributed by atoms with van der Waals surface area (Å²) in [6.45, 7) is 0.740. The van der Waals surface area contributed by atoms with Crippen LogP contribution in [0.2, 0.25) is 10.0 Å². The fourth-order valence-electron chi connectivity index (χ4n) is 1.64. The van der Waals surface area contributed by atoms with Crippen LogP contribution in [0.4, 0.5) is 0 Å². The molecule has 74 valence electrons. The van der Waals surface area contributed by atoms with Crippen molar-refractivity contribution in [3.63, 3.8) is 0 Å². The number of carbonyl (C=O) groups is 1. The first-order valence-corrected chi connectivity index (χ1v) is 5.17. The van der Waals surface area contributed by atoms with E-state index < -0.39 is 0 Å². The number of halogens is 2. The summed E-state index contributed by atoms with van der Waals surface area (Å²) >= 11 is 11.7. The summed E-state index contributed by atoms with van der Waals surface area (Å²) in [7, 11) is 0. The average Bonchev–Trinajstić information content (AvgIpc) is 2.57. The number of hydrogen-bond acceptors (Lipinski definition) is 1. The molecule has 0 radical (unpaired) electrons. The van der Waals surface area contributed by atoms with Crippen molar-refractivity contribution in [2.45, 2.75) is 12.3 Å². The zero-order valence-electron chi connectivity index (χ0n) is 7.39. The molecule has 0 aliphatic carbocycles. The summed E-state index contributed by atoms with van der Waals surface area (Å²) in [5.41, 5.74) is 0.939. The monoisotopic (exact) mass is 229 g/mol. The van der Waals surface area contributed by atoms with Crippen LogP contribution >= 0.6 is 23.2 Å². The number of benzene rings is 1. The van der Waals surface area contributed by atoms with E-state index in [4.69, 9.17) is 23.2 Å². The summed E-state index contributed by atoms with van der Waals surface area (Å²) in [5, 5.41) is 3.81. The van der Waals surface area contributed by atoms with Crippen LogP contribution in [-0.2, 0) is 4.79 Å². The molecule has 0 bridgehead atoms. The topological polar surface area (TPSA) is 29.1 Å². The molecule has 2 nitrogen and oxygen atoms in total. The van der Waals surface area contributed by atoms with Crippen LogP contribution in [0.1, 0.15) is 17.9 Å². The Morgan fingerprint density at radius 3 is 2.64 bits per heavy atom. The maximum Gasteiger partial charge on any atom is 0.227 e. The molecule has 1 amide bonds. The molecule has 1 aliphatic rings. The molecular formula is C10H9Cl2NO. The highest BCUT2D eigenvalue weighted by molar-refractivity contribution is 6.42. The zero-order chi connectivity index (χ0) is 10.1. The van der Waals surface area contributed by atoms with Gasteiger partial charge in [0.05, 0.1) is 16.0 Å². The van der Waals surface area contributed by atoms with E-state index in [1.54, 1.807) is 12.1 Å². The SMILES string of the molecule is O=C1NCCC1c1ccc(Cl)c(Cl)c1. The van der Waals surface area contributed by atoms with E-state index in [-0.39, 0.29) is 11.8 Å². The molecule has 1 aromatic carbocycles. The molecule has 4 heteroatoms. The number of rotatable bonds is 1. The number of hydrogen-bond donors (Lipinski definition) is 1. The molecule has 1 unspecified atom stereocenters. The minimum Gasteiger partial charge on any atom is -0.356 e. The molecular weight excluding hydrogens is 221 g/mol. The maximum atomic E-state index is 11.4. The van der Waals surface area contributed by atoms with Gasteiger partial charge >= 0.3 is 0 Å². The number of amides is 1. The van der Waals surface area contributed by atoms with Gasteiger partial charge in [0.15, 0.2) is 0 Å². The first kappa shape index (κ1) is 9.81. The van der Waals surface area contributed by atoms with Gasteiger partial charge in [-0.15, -0.1) is 0 Å². The lowest BCUT2D eigenvalue weighted by molar-refractivity contribution is -0.120. The highest BCUT2D eigenvalue weighted by Crippen LogP contribution is 2.29. The minimum atomic E-state index is -0.0650. The predicted octanol–water partition coefficient (Wildman–Crippen LogP) is 2.60. The van der Waals surface area contributed by atoms with Gasteiger partial charge in [0.2, 0.25) is 5.91 Å². The summed E-state index contributed by atoms with van der Waals surface area (Å²) in [5.74, 6) is 0.00755. The molecule has 1 atom stereocenters. The van der Waals surface area contributed by atoms with Gasteiger partial charge in [-0.1, -0.05) is 29.3 Å². The summed E-state index contributed by atoms with van der Waals surface area (Å²) in [6.07, 6.45) is 0.830. The summed E-state index contributed by atoms with van der Waals surface area (Å²) < 4.78 is 0. The van der Waals surface area contributed by atoms with Crippen molar-refractivity contribution in [3.8, 4) is 0 Å². The van der Waals surface area contributed by atoms with E-state index in [9.17, 15) is 4.79 Å². The highest BCUT2D eigenvalue weighted by atomic mass is 35.5. The van der Waals surface area contributed by atoms with Gasteiger partial charge in [0.1, 0.15) is 0 Å². The Morgan fingerprint density at radius 1 is 1.29 bits per heavy atom. The van der Waals surface area contributed by atoms with Gasteiger partial charge in [-0.25, -0.2) is 0 Å². The summed E-state index contributed by atoms with van der Waals surface area (Å²) in [6, 6.07) is 5.34. The largest absolute Gasteiger partial charge is 0.356 e. The van der Waals surface area contributed by atoms with Crippen LogP contribution in [0.25, 0.3) is 0 Å². The minimum absolute atomic E-state index is 0.0650. The van der Waals surface area contributed by atoms with E-state index in [1.807, 2.05) is 6.07 Å². The van der Waals surface area contributed by atoms with E-state index in [0.717, 1.165) is 18.5 Å². The van der Waals surface area contributed by atoms with Crippen molar-refractivity contribution in [3.05, 3.63) is 33.8 Å². The van der Waals surface area contributed by atoms with Crippen LogP contribution in [-0.4, -0.2) is 12.5 Å². The molecule has 0 saturated carbocycles. The first-order valence-electron chi connectivity index (χ1n) is 4.41. The summed E-state index contributed by atoms with van der Waals surface area (Å²) in [4.78, 5) is 11.4. The van der Waals surface area contributed by atoms with E-state index in [0.29, 0.717) is 10.0 Å². The lowest BCUT2D eigenvalue weighted by atomic mass is 9.98. The Bertz CT molecular complexity index is 378. The van der Waals surface area contributed by atoms with Gasteiger partial charge < -0.3 is 5.32 Å². The third kappa shape index (κ3) is 1.72. The normalized spacial score (nSPS) is 21.0. The van der Waals surface area contributed by atoms with Crippen molar-refractivity contribution < 1.29 is 4.79 Å². The third-order valence-corrected chi connectivity index (χ3v) is 3.13. The molecule has 2 rings (SSSR count). The van der Waals surface area contributed by atoms with Crippen molar-refractivity contribution in [1.82, 2.24) is 5.32 Å². The fourth-order valence-corrected chi connectivity index (χ4v) is 1.95. The highest BCUT2D eigenvalue weighted by Gasteiger charge is 2.25. The zero-order valence-corrected chi connectivity index (χ0v) is 8.90. The number of nitrogens with one attached hydrogen (secondary N) is 1. The maximum absolute atomic E-state index is 11.4. The first-order chi connectivity index (χ1) is 6.68. The van der Waals surface area contributed by atoms with Gasteiger partial charge in [-0.3, -0.25) is 4.79 Å². The fraction of sp³-hybridized carbons (Fsp3) is 0.300. The quantitative estimate of drug-likeness (QED) is 0.789. The Hall–Kier alpha value is -0.730. The second-order valence-corrected chi connectivity index (χ2v) is 4.12. The second-order valence-electron chi connectivity index (χ2n) is 3.31. The molecule has 0 aromatic heterocycles. The molecule has 1 aromatic rings. The molecule has 14 heavy (non-hydrogen) atoms. The molecule has 1 aliphatic heterocycles. The van der Waals surface area contributed by atoms with Gasteiger partial charge in [-0.2, -0.15) is 0 Å². The number of carbonyl (C=O) groups excluding carboxylic acids is 1. The van der Waals surface area contributed by atoms with Crippen LogP contribution in [0.5, 0.6) is 0 Å². The van der Waals surface area contributed by atoms with E-state index in [1.165, 1.54) is 0 Å². The van der Waals surface area contributed by atoms with Crippen LogP contribution in [0.3, 0.4) is 0 Å². The predicted molar refractivity (Wildman–Crippen MR) is 56.8 cm³/mol. The van der Waals surface area contributed by atoms with Crippen LogP contribution in [0.15, 0.2) is 18.2 Å². The molecule has 1 saturated heterocycles. The lowest BCUT2D eigenvalue weighted by Gasteiger charge is -2.07. The van der Waals surface area contributed by atoms with Crippen molar-refractivity contribution in [2.24, 2.45) is 0 Å². The Kier molecular flexibility index (Phi) is 2.66. The standard InChI is InChI=1S/C10H9Cl2NO/c11-8-2-1-6(5-9(8)12)7-3-4-13-10(7)14/h1-2,5,7H,3-4H2,(H,13,14). The van der Waals surface area contributed by atoms with Gasteiger partial charge in [0.25, 0.3) is 0 Å². The van der Waals surface area contributed by atoms with Gasteiger partial charge in [-0.05, 0) is 24.1 Å². The Labute approximate surface area is 92.2 Å². The lowest BCUT2D eigenvalue weighted by Crippen LogP contribution is -2.17. The molecule has 1 heterocycles. The second kappa shape index (κ2) is 3.79. The Balaban J connectivity index is 2.32. The average molecular weight is 230 g/mol. The van der Waals surface area contributed by atoms with Crippen molar-refractivity contribution >= 4 is 29.1 Å². The van der Waals surface area contributed by atoms with Crippen molar-refractivity contribution in [1.29, 1.82) is 0 Å². The van der Waals surface area contributed by atoms with Gasteiger partial charge in [0, 0.05) is 6.54 Å². The molecule has 0 spiro atoms.